The predicted molar refractivity (Wildman–Crippen MR) is 169 cm³/mol. The maximum Gasteiger partial charge on any atom is 0.341 e. The third-order valence-corrected chi connectivity index (χ3v) is 9.13. The van der Waals surface area contributed by atoms with Crippen LogP contribution in [0, 0.1) is 5.92 Å². The molecule has 0 spiro atoms. The van der Waals surface area contributed by atoms with Crippen molar-refractivity contribution in [3.63, 3.8) is 0 Å². The van der Waals surface area contributed by atoms with Crippen LogP contribution < -0.4 is 20.0 Å². The van der Waals surface area contributed by atoms with Crippen LogP contribution in [0.15, 0.2) is 59.8 Å². The van der Waals surface area contributed by atoms with Gasteiger partial charge in [-0.1, -0.05) is 30.1 Å². The molecule has 5 heterocycles. The number of carboxylic acids is 1. The van der Waals surface area contributed by atoms with Crippen LogP contribution in [0.3, 0.4) is 0 Å². The zero-order chi connectivity index (χ0) is 30.4. The molecule has 0 unspecified atom stereocenters. The number of pyridine rings is 3. The Morgan fingerprint density at radius 3 is 2.60 bits per heavy atom. The number of anilines is 2. The summed E-state index contributed by atoms with van der Waals surface area (Å²) in [7, 11) is 4.13. The van der Waals surface area contributed by atoms with E-state index < -0.39 is 11.4 Å². The van der Waals surface area contributed by atoms with Crippen molar-refractivity contribution in [1.82, 2.24) is 19.4 Å². The van der Waals surface area contributed by atoms with Gasteiger partial charge < -0.3 is 29.1 Å². The van der Waals surface area contributed by atoms with Crippen LogP contribution in [0.4, 0.5) is 11.5 Å². The van der Waals surface area contributed by atoms with Crippen molar-refractivity contribution in [3.05, 3.63) is 80.8 Å². The highest BCUT2D eigenvalue weighted by molar-refractivity contribution is 6.34. The van der Waals surface area contributed by atoms with E-state index in [-0.39, 0.29) is 22.9 Å². The van der Waals surface area contributed by atoms with Crippen LogP contribution in [0.1, 0.15) is 23.7 Å². The molecule has 3 aromatic heterocycles. The van der Waals surface area contributed by atoms with Gasteiger partial charge in [0.15, 0.2) is 0 Å². The zero-order valence-electron chi connectivity index (χ0n) is 24.1. The first-order valence-electron chi connectivity index (χ1n) is 14.1. The molecule has 2 atom stereocenters. The van der Waals surface area contributed by atoms with Crippen molar-refractivity contribution >= 4 is 51.6 Å². The van der Waals surface area contributed by atoms with Crippen molar-refractivity contribution in [2.75, 3.05) is 50.1 Å². The van der Waals surface area contributed by atoms with Gasteiger partial charge in [-0.15, -0.1) is 0 Å². The average molecular weight is 624 g/mol. The van der Waals surface area contributed by atoms with Crippen molar-refractivity contribution in [2.24, 2.45) is 5.92 Å². The molecule has 0 radical (unpaired) electrons. The van der Waals surface area contributed by atoms with Gasteiger partial charge in [0.2, 0.25) is 11.3 Å². The first kappa shape index (κ1) is 29.2. The molecule has 1 N–H and O–H groups in total. The maximum absolute atomic E-state index is 13.3. The largest absolute Gasteiger partial charge is 0.477 e. The third kappa shape index (κ3) is 5.50. The Bertz CT molecular complexity index is 1740. The minimum absolute atomic E-state index is 0.0324. The molecule has 6 rings (SSSR count). The van der Waals surface area contributed by atoms with E-state index in [0.29, 0.717) is 39.8 Å². The summed E-state index contributed by atoms with van der Waals surface area (Å²) in [4.78, 5) is 40.8. The molecule has 0 aliphatic carbocycles. The van der Waals surface area contributed by atoms with Crippen LogP contribution in [0.25, 0.3) is 16.6 Å². The Hall–Kier alpha value is -3.86. The van der Waals surface area contributed by atoms with E-state index in [0.717, 1.165) is 37.6 Å². The molecule has 224 valence electrons. The number of halogens is 2. The highest BCUT2D eigenvalue weighted by atomic mass is 35.5. The number of ether oxygens (including phenoxy) is 1. The topological polar surface area (TPSA) is 104 Å². The molecule has 12 heteroatoms. The molecule has 0 saturated carbocycles. The Labute approximate surface area is 259 Å². The number of nitrogens with zero attached hydrogens (tertiary/aromatic N) is 6. The molecule has 0 bridgehead atoms. The summed E-state index contributed by atoms with van der Waals surface area (Å²) in [6.07, 6.45) is 5.61. The summed E-state index contributed by atoms with van der Waals surface area (Å²) >= 11 is 13.1. The van der Waals surface area contributed by atoms with Gasteiger partial charge in [0.1, 0.15) is 23.0 Å². The fourth-order valence-corrected chi connectivity index (χ4v) is 6.25. The van der Waals surface area contributed by atoms with Crippen LogP contribution in [-0.4, -0.2) is 82.9 Å². The van der Waals surface area contributed by atoms with E-state index in [1.54, 1.807) is 35.2 Å². The molecular weight excluding hydrogens is 591 g/mol. The van der Waals surface area contributed by atoms with E-state index in [9.17, 15) is 14.7 Å². The second-order valence-corrected chi connectivity index (χ2v) is 12.2. The summed E-state index contributed by atoms with van der Waals surface area (Å²) < 4.78 is 7.73. The van der Waals surface area contributed by atoms with Gasteiger partial charge >= 0.3 is 5.97 Å². The van der Waals surface area contributed by atoms with E-state index in [4.69, 9.17) is 27.9 Å². The van der Waals surface area contributed by atoms with Crippen molar-refractivity contribution in [1.29, 1.82) is 0 Å². The summed E-state index contributed by atoms with van der Waals surface area (Å²) in [5.74, 6) is 0.196. The average Bonchev–Trinajstić information content (AvgIpc) is 3.31. The van der Waals surface area contributed by atoms with Crippen LogP contribution in [0.5, 0.6) is 5.88 Å². The number of carboxylic acid groups (broad SMARTS) is 1. The molecular formula is C31H32Cl2N6O4. The monoisotopic (exact) mass is 622 g/mol. The number of aromatic nitrogens is 3. The first-order valence-corrected chi connectivity index (χ1v) is 14.9. The number of hydrogen-bond acceptors (Lipinski definition) is 8. The molecule has 0 amide bonds. The minimum Gasteiger partial charge on any atom is -0.477 e. The van der Waals surface area contributed by atoms with E-state index in [1.807, 2.05) is 18.2 Å². The Morgan fingerprint density at radius 2 is 1.93 bits per heavy atom. The van der Waals surface area contributed by atoms with Crippen LogP contribution in [-0.2, 0) is 0 Å². The number of hydrogen-bond donors (Lipinski definition) is 1. The minimum atomic E-state index is -1.31. The van der Waals surface area contributed by atoms with Gasteiger partial charge in [0.25, 0.3) is 0 Å². The maximum atomic E-state index is 13.3. The van der Waals surface area contributed by atoms with Gasteiger partial charge in [-0.3, -0.25) is 4.79 Å². The number of benzene rings is 1. The molecule has 2 aliphatic heterocycles. The fourth-order valence-electron chi connectivity index (χ4n) is 5.80. The smallest absolute Gasteiger partial charge is 0.341 e. The second-order valence-electron chi connectivity index (χ2n) is 11.4. The lowest BCUT2D eigenvalue weighted by atomic mass is 10.0. The standard InChI is InChI=1S/C31H32Cl2N6O4/c1-18-8-10-38(27(18)17-43-30-23(32)5-4-9-34-30)26-12-25-21(11-24(26)33)29(40)22(31(41)42)16-39(25)19-6-7-28(35-13-19)37-14-20(15-37)36(2)3/h4-7,9,11-13,16,18,20,27H,8,10,14-15,17H2,1-3H3,(H,41,42)/t18-,27-/m0/s1. The molecule has 43 heavy (non-hydrogen) atoms. The lowest BCUT2D eigenvalue weighted by Crippen LogP contribution is -2.57. The van der Waals surface area contributed by atoms with Crippen LogP contribution in [0.2, 0.25) is 10.0 Å². The number of likely N-dealkylation sites (N-methyl/N-ethyl adjacent to an activating group) is 1. The van der Waals surface area contributed by atoms with E-state index in [2.05, 4.69) is 45.7 Å². The summed E-state index contributed by atoms with van der Waals surface area (Å²) in [5, 5.41) is 10.9. The van der Waals surface area contributed by atoms with Gasteiger partial charge in [0, 0.05) is 43.5 Å². The van der Waals surface area contributed by atoms with Crippen molar-refractivity contribution in [3.8, 4) is 11.6 Å². The Kier molecular flexibility index (Phi) is 7.93. The third-order valence-electron chi connectivity index (χ3n) is 8.54. The number of aromatic carboxylic acids is 1. The van der Waals surface area contributed by atoms with Gasteiger partial charge in [-0.25, -0.2) is 14.8 Å². The zero-order valence-corrected chi connectivity index (χ0v) is 25.6. The molecule has 2 aliphatic rings. The number of fused-ring (bicyclic) bond motifs is 1. The van der Waals surface area contributed by atoms with Crippen molar-refractivity contribution < 1.29 is 14.6 Å². The fraction of sp³-hybridized carbons (Fsp3) is 0.355. The SMILES string of the molecule is C[C@H]1CCN(c2cc3c(cc2Cl)c(=O)c(C(=O)O)cn3-c2ccc(N3CC(N(C)C)C3)nc2)[C@H]1COc1ncccc1Cl. The summed E-state index contributed by atoms with van der Waals surface area (Å²) in [6, 6.07) is 11.2. The molecule has 2 fully saturated rings. The molecule has 10 nitrogen and oxygen atoms in total. The lowest BCUT2D eigenvalue weighted by molar-refractivity contribution is 0.0695. The molecule has 1 aromatic carbocycles. The number of rotatable bonds is 8. The highest BCUT2D eigenvalue weighted by Gasteiger charge is 2.34. The van der Waals surface area contributed by atoms with E-state index in [1.165, 1.54) is 6.20 Å². The van der Waals surface area contributed by atoms with Gasteiger partial charge in [-0.05, 0) is 62.8 Å². The highest BCUT2D eigenvalue weighted by Crippen LogP contribution is 2.38. The van der Waals surface area contributed by atoms with E-state index >= 15 is 0 Å². The number of carbonyl (C=O) groups is 1. The quantitative estimate of drug-likeness (QED) is 0.296. The van der Waals surface area contributed by atoms with Gasteiger partial charge in [-0.2, -0.15) is 0 Å². The summed E-state index contributed by atoms with van der Waals surface area (Å²) in [5.41, 5.74) is 0.966. The van der Waals surface area contributed by atoms with Gasteiger partial charge in [0.05, 0.1) is 34.2 Å². The second kappa shape index (κ2) is 11.7. The normalized spacial score (nSPS) is 18.8. The Balaban J connectivity index is 1.38. The predicted octanol–water partition coefficient (Wildman–Crippen LogP) is 4.83. The Morgan fingerprint density at radius 1 is 1.14 bits per heavy atom. The summed E-state index contributed by atoms with van der Waals surface area (Å²) in [6.45, 7) is 5.00. The van der Waals surface area contributed by atoms with Crippen LogP contribution >= 0.6 is 23.2 Å². The molecule has 4 aromatic rings. The molecule has 2 saturated heterocycles. The van der Waals surface area contributed by atoms with Crippen molar-refractivity contribution in [2.45, 2.75) is 25.4 Å². The first-order chi connectivity index (χ1) is 20.6. The lowest BCUT2D eigenvalue weighted by Gasteiger charge is -2.43.